The van der Waals surface area contributed by atoms with E-state index in [0.29, 0.717) is 30.2 Å². The highest BCUT2D eigenvalue weighted by atomic mass is 79.9. The minimum atomic E-state index is -3.83. The van der Waals surface area contributed by atoms with Crippen LogP contribution in [-0.2, 0) is 16.6 Å². The van der Waals surface area contributed by atoms with Crippen LogP contribution >= 0.6 is 0 Å². The molecule has 0 bridgehead atoms. The van der Waals surface area contributed by atoms with Gasteiger partial charge in [0.1, 0.15) is 6.54 Å². The Bertz CT molecular complexity index is 1600. The van der Waals surface area contributed by atoms with Crippen LogP contribution in [0.2, 0.25) is 0 Å². The van der Waals surface area contributed by atoms with Crippen LogP contribution in [0.1, 0.15) is 37.0 Å². The predicted molar refractivity (Wildman–Crippen MR) is 161 cm³/mol. The van der Waals surface area contributed by atoms with E-state index in [4.69, 9.17) is 9.47 Å². The Hall–Kier alpha value is -3.07. The summed E-state index contributed by atoms with van der Waals surface area (Å²) in [4.78, 5) is 0.283. The van der Waals surface area contributed by atoms with Crippen LogP contribution in [0.15, 0.2) is 83.8 Å². The number of aryl methyl sites for hydroxylation is 2. The second kappa shape index (κ2) is 12.8. The number of sulfonamides is 1. The van der Waals surface area contributed by atoms with Gasteiger partial charge in [0.15, 0.2) is 11.5 Å². The number of hydrogen-bond donors (Lipinski definition) is 0. The quantitative estimate of drug-likeness (QED) is 0.234. The van der Waals surface area contributed by atoms with E-state index < -0.39 is 10.0 Å². The normalized spacial score (nSPS) is 12.8. The van der Waals surface area contributed by atoms with Gasteiger partial charge in [-0.1, -0.05) is 59.7 Å². The first-order valence-corrected chi connectivity index (χ1v) is 15.5. The van der Waals surface area contributed by atoms with Gasteiger partial charge < -0.3 is 30.9 Å². The minimum Gasteiger partial charge on any atom is -1.00 e. The summed E-state index contributed by atoms with van der Waals surface area (Å²) in [5.74, 6) is 1.20. The molecule has 0 unspecified atom stereocenters. The van der Waals surface area contributed by atoms with E-state index in [1.807, 2.05) is 36.4 Å². The molecule has 218 valence electrons. The van der Waals surface area contributed by atoms with Gasteiger partial charge in [0.05, 0.1) is 30.2 Å². The van der Waals surface area contributed by atoms with E-state index in [2.05, 4.69) is 45.9 Å². The fourth-order valence-electron chi connectivity index (χ4n) is 5.82. The molecule has 0 spiro atoms. The van der Waals surface area contributed by atoms with Crippen LogP contribution in [0.4, 0.5) is 5.69 Å². The molecule has 6 nitrogen and oxygen atoms in total. The Labute approximate surface area is 254 Å². The van der Waals surface area contributed by atoms with Crippen LogP contribution in [0.25, 0.3) is 10.8 Å². The molecule has 5 rings (SSSR count). The lowest BCUT2D eigenvalue weighted by Gasteiger charge is -2.38. The SMILES string of the molecule is CC[N+](CC)(CCCN(c1ccc2c(c1)OCO2)S(=O)(=O)c1ccc2ccccc2c1)Cc1cc(C)cc(C)c1.[Br-]. The average molecular weight is 640 g/mol. The maximum absolute atomic E-state index is 14.2. The fourth-order valence-corrected chi connectivity index (χ4v) is 7.35. The van der Waals surface area contributed by atoms with Crippen molar-refractivity contribution in [2.45, 2.75) is 45.6 Å². The van der Waals surface area contributed by atoms with Crippen LogP contribution < -0.4 is 30.8 Å². The molecule has 0 aromatic heterocycles. The van der Waals surface area contributed by atoms with Gasteiger partial charge in [-0.15, -0.1) is 0 Å². The number of nitrogens with zero attached hydrogens (tertiary/aromatic N) is 2. The largest absolute Gasteiger partial charge is 1.00 e. The van der Waals surface area contributed by atoms with Gasteiger partial charge in [0.2, 0.25) is 6.79 Å². The summed E-state index contributed by atoms with van der Waals surface area (Å²) in [7, 11) is -3.83. The molecule has 0 saturated heterocycles. The van der Waals surface area contributed by atoms with E-state index in [0.717, 1.165) is 41.4 Å². The zero-order valence-corrected chi connectivity index (χ0v) is 26.7. The van der Waals surface area contributed by atoms with Crippen molar-refractivity contribution in [3.05, 3.63) is 95.6 Å². The highest BCUT2D eigenvalue weighted by Crippen LogP contribution is 2.37. The lowest BCUT2D eigenvalue weighted by atomic mass is 10.1. The van der Waals surface area contributed by atoms with E-state index in [9.17, 15) is 8.42 Å². The first-order chi connectivity index (χ1) is 19.2. The molecule has 0 aliphatic carbocycles. The number of benzene rings is 4. The molecule has 0 saturated carbocycles. The summed E-state index contributed by atoms with van der Waals surface area (Å²) in [5.41, 5.74) is 4.46. The molecule has 1 aliphatic heterocycles. The Morgan fingerprint density at radius 1 is 0.805 bits per heavy atom. The van der Waals surface area contributed by atoms with Crippen molar-refractivity contribution in [2.24, 2.45) is 0 Å². The number of hydrogen-bond acceptors (Lipinski definition) is 4. The van der Waals surface area contributed by atoms with Gasteiger partial charge in [0.25, 0.3) is 10.0 Å². The van der Waals surface area contributed by atoms with Crippen LogP contribution in [0, 0.1) is 13.8 Å². The molecule has 1 aliphatic rings. The maximum atomic E-state index is 14.2. The standard InChI is InChI=1S/C33H39N2O4S.BrH/c1-5-35(6-2,23-27-19-25(3)18-26(4)20-27)17-9-16-34(30-13-15-32-33(22-30)39-24-38-32)40(36,37)31-14-12-28-10-7-8-11-29(28)21-31;/h7-8,10-15,18-22H,5-6,9,16-17,23-24H2,1-4H3;1H/q+1;/p-1. The number of halogens is 1. The first kappa shape index (κ1) is 30.9. The zero-order valence-electron chi connectivity index (χ0n) is 24.3. The maximum Gasteiger partial charge on any atom is 0.264 e. The molecule has 1 heterocycles. The van der Waals surface area contributed by atoms with E-state index in [-0.39, 0.29) is 28.7 Å². The number of fused-ring (bicyclic) bond motifs is 2. The van der Waals surface area contributed by atoms with Crippen molar-refractivity contribution in [2.75, 3.05) is 37.3 Å². The molecule has 8 heteroatoms. The van der Waals surface area contributed by atoms with Gasteiger partial charge in [-0.25, -0.2) is 8.42 Å². The summed E-state index contributed by atoms with van der Waals surface area (Å²) in [6, 6.07) is 25.3. The van der Waals surface area contributed by atoms with E-state index in [1.54, 1.807) is 24.3 Å². The molecule has 4 aromatic carbocycles. The third-order valence-electron chi connectivity index (χ3n) is 8.09. The summed E-state index contributed by atoms with van der Waals surface area (Å²) < 4.78 is 41.9. The zero-order chi connectivity index (χ0) is 28.3. The van der Waals surface area contributed by atoms with E-state index >= 15 is 0 Å². The van der Waals surface area contributed by atoms with Crippen LogP contribution in [-0.4, -0.2) is 45.9 Å². The molecule has 41 heavy (non-hydrogen) atoms. The van der Waals surface area contributed by atoms with E-state index in [1.165, 1.54) is 21.0 Å². The fraction of sp³-hybridized carbons (Fsp3) is 0.333. The van der Waals surface area contributed by atoms with Gasteiger partial charge >= 0.3 is 0 Å². The van der Waals surface area contributed by atoms with Crippen LogP contribution in [0.5, 0.6) is 11.5 Å². The lowest BCUT2D eigenvalue weighted by molar-refractivity contribution is -0.937. The third kappa shape index (κ3) is 6.71. The Morgan fingerprint density at radius 3 is 2.20 bits per heavy atom. The van der Waals surface area contributed by atoms with Crippen molar-refractivity contribution >= 4 is 26.5 Å². The number of anilines is 1. The molecule has 0 N–H and O–H groups in total. The molecular formula is C33H39BrN2O4S. The average Bonchev–Trinajstić information content (AvgIpc) is 3.42. The van der Waals surface area contributed by atoms with Crippen molar-refractivity contribution in [1.82, 2.24) is 0 Å². The second-order valence-corrected chi connectivity index (χ2v) is 12.7. The number of quaternary nitrogens is 1. The van der Waals surface area contributed by atoms with Gasteiger partial charge in [0, 0.05) is 24.6 Å². The smallest absolute Gasteiger partial charge is 0.264 e. The Balaban J connectivity index is 0.00000387. The molecule has 0 amide bonds. The number of ether oxygens (including phenoxy) is 2. The van der Waals surface area contributed by atoms with Gasteiger partial charge in [-0.2, -0.15) is 0 Å². The van der Waals surface area contributed by atoms with Crippen molar-refractivity contribution in [3.8, 4) is 11.5 Å². The summed E-state index contributed by atoms with van der Waals surface area (Å²) in [6.07, 6.45) is 0.716. The molecule has 0 fully saturated rings. The van der Waals surface area contributed by atoms with Crippen molar-refractivity contribution in [1.29, 1.82) is 0 Å². The topological polar surface area (TPSA) is 55.8 Å². The molecule has 0 radical (unpaired) electrons. The molecule has 4 aromatic rings. The molecule has 0 atom stereocenters. The second-order valence-electron chi connectivity index (χ2n) is 10.8. The monoisotopic (exact) mass is 638 g/mol. The Kier molecular flexibility index (Phi) is 9.67. The van der Waals surface area contributed by atoms with Crippen molar-refractivity contribution < 1.29 is 39.4 Å². The van der Waals surface area contributed by atoms with Crippen molar-refractivity contribution in [3.63, 3.8) is 0 Å². The van der Waals surface area contributed by atoms with Crippen LogP contribution in [0.3, 0.4) is 0 Å². The third-order valence-corrected chi connectivity index (χ3v) is 9.91. The number of rotatable bonds is 11. The minimum absolute atomic E-state index is 0. The first-order valence-electron chi connectivity index (χ1n) is 14.1. The Morgan fingerprint density at radius 2 is 1.49 bits per heavy atom. The highest BCUT2D eigenvalue weighted by molar-refractivity contribution is 7.92. The predicted octanol–water partition coefficient (Wildman–Crippen LogP) is 3.83. The summed E-state index contributed by atoms with van der Waals surface area (Å²) in [6.45, 7) is 13.0. The van der Waals surface area contributed by atoms with Gasteiger partial charge in [-0.05, 0) is 62.7 Å². The summed E-state index contributed by atoms with van der Waals surface area (Å²) >= 11 is 0. The van der Waals surface area contributed by atoms with Gasteiger partial charge in [-0.3, -0.25) is 4.31 Å². The highest BCUT2D eigenvalue weighted by Gasteiger charge is 2.29. The summed E-state index contributed by atoms with van der Waals surface area (Å²) in [5, 5.41) is 1.91. The lowest BCUT2D eigenvalue weighted by Crippen LogP contribution is -3.00. The molecular weight excluding hydrogens is 600 g/mol.